The number of nitrogens with one attached hydrogen (secondary N) is 1. The lowest BCUT2D eigenvalue weighted by Gasteiger charge is -2.27. The van der Waals surface area contributed by atoms with Gasteiger partial charge in [0.25, 0.3) is 0 Å². The average molecular weight is 529 g/mol. The fourth-order valence-corrected chi connectivity index (χ4v) is 5.31. The molecule has 3 aromatic rings. The van der Waals surface area contributed by atoms with E-state index in [1.807, 2.05) is 6.07 Å². The van der Waals surface area contributed by atoms with Crippen LogP contribution in [-0.2, 0) is 21.7 Å². The quantitative estimate of drug-likeness (QED) is 0.442. The highest BCUT2D eigenvalue weighted by Gasteiger charge is 2.34. The zero-order chi connectivity index (χ0) is 23.7. The lowest BCUT2D eigenvalue weighted by atomic mass is 9.92. The second kappa shape index (κ2) is 8.84. The van der Waals surface area contributed by atoms with Gasteiger partial charge in [-0.15, -0.1) is 0 Å². The van der Waals surface area contributed by atoms with Gasteiger partial charge in [-0.25, -0.2) is 13.1 Å². The van der Waals surface area contributed by atoms with E-state index in [4.69, 9.17) is 4.74 Å². The Bertz CT molecular complexity index is 1250. The Morgan fingerprint density at radius 1 is 1.03 bits per heavy atom. The van der Waals surface area contributed by atoms with E-state index in [2.05, 4.69) is 25.6 Å². The van der Waals surface area contributed by atoms with Crippen LogP contribution in [0, 0.1) is 0 Å². The summed E-state index contributed by atoms with van der Waals surface area (Å²) in [5, 5.41) is 0. The summed E-state index contributed by atoms with van der Waals surface area (Å²) >= 11 is 2.96. The van der Waals surface area contributed by atoms with Crippen molar-refractivity contribution in [3.8, 4) is 16.9 Å². The van der Waals surface area contributed by atoms with Gasteiger partial charge in [-0.05, 0) is 55.3 Å². The van der Waals surface area contributed by atoms with E-state index in [-0.39, 0.29) is 4.47 Å². The first kappa shape index (κ1) is 24.2. The molecule has 0 aliphatic heterocycles. The maximum Gasteiger partial charge on any atom is 0.416 e. The predicted molar refractivity (Wildman–Crippen MR) is 119 cm³/mol. The summed E-state index contributed by atoms with van der Waals surface area (Å²) in [7, 11) is -2.75. The SMILES string of the molecule is COc1cnccc1-c1cccc(C(C)(C)NS(=O)(=O)c2cc(Br)cc(C(F)(F)F)c2)c1. The third-order valence-electron chi connectivity index (χ3n) is 4.80. The van der Waals surface area contributed by atoms with Crippen molar-refractivity contribution in [2.45, 2.75) is 30.5 Å². The maximum absolute atomic E-state index is 13.2. The Kier molecular flexibility index (Phi) is 6.69. The largest absolute Gasteiger partial charge is 0.494 e. The van der Waals surface area contributed by atoms with Crippen molar-refractivity contribution in [1.82, 2.24) is 9.71 Å². The minimum absolute atomic E-state index is 0.0114. The van der Waals surface area contributed by atoms with Crippen LogP contribution in [0.2, 0.25) is 0 Å². The molecule has 1 N–H and O–H groups in total. The zero-order valence-corrected chi connectivity index (χ0v) is 19.8. The number of nitrogens with zero attached hydrogens (tertiary/aromatic N) is 1. The smallest absolute Gasteiger partial charge is 0.416 e. The number of aromatic nitrogens is 1. The van der Waals surface area contributed by atoms with E-state index in [1.54, 1.807) is 50.5 Å². The van der Waals surface area contributed by atoms with Gasteiger partial charge in [-0.3, -0.25) is 4.98 Å². The molecule has 0 amide bonds. The molecule has 0 saturated heterocycles. The maximum atomic E-state index is 13.2. The van der Waals surface area contributed by atoms with Gasteiger partial charge in [-0.1, -0.05) is 34.1 Å². The van der Waals surface area contributed by atoms with E-state index >= 15 is 0 Å². The molecule has 32 heavy (non-hydrogen) atoms. The molecular weight excluding hydrogens is 509 g/mol. The summed E-state index contributed by atoms with van der Waals surface area (Å²) in [4.78, 5) is 3.54. The number of halogens is 4. The molecule has 0 radical (unpaired) electrons. The third-order valence-corrected chi connectivity index (χ3v) is 6.89. The van der Waals surface area contributed by atoms with Crippen molar-refractivity contribution >= 4 is 26.0 Å². The molecule has 0 fully saturated rings. The fourth-order valence-electron chi connectivity index (χ4n) is 3.19. The number of hydrogen-bond acceptors (Lipinski definition) is 4. The van der Waals surface area contributed by atoms with Gasteiger partial charge in [0.2, 0.25) is 10.0 Å². The van der Waals surface area contributed by atoms with Crippen molar-refractivity contribution in [3.63, 3.8) is 0 Å². The molecule has 0 saturated carbocycles. The van der Waals surface area contributed by atoms with E-state index in [0.717, 1.165) is 23.3 Å². The van der Waals surface area contributed by atoms with Gasteiger partial charge in [0.15, 0.2) is 0 Å². The molecule has 1 aromatic heterocycles. The van der Waals surface area contributed by atoms with E-state index in [1.165, 1.54) is 7.11 Å². The number of rotatable bonds is 6. The summed E-state index contributed by atoms with van der Waals surface area (Å²) < 4.78 is 73.3. The van der Waals surface area contributed by atoms with Crippen LogP contribution in [0.1, 0.15) is 25.0 Å². The van der Waals surface area contributed by atoms with Crippen LogP contribution in [-0.4, -0.2) is 20.5 Å². The lowest BCUT2D eigenvalue weighted by Crippen LogP contribution is -2.41. The summed E-state index contributed by atoms with van der Waals surface area (Å²) in [6, 6.07) is 11.5. The second-order valence-corrected chi connectivity index (χ2v) is 10.2. The summed E-state index contributed by atoms with van der Waals surface area (Å²) in [5.74, 6) is 0.553. The molecule has 3 rings (SSSR count). The van der Waals surface area contributed by atoms with Gasteiger partial charge in [-0.2, -0.15) is 13.2 Å². The van der Waals surface area contributed by atoms with E-state index in [9.17, 15) is 21.6 Å². The van der Waals surface area contributed by atoms with Crippen LogP contribution in [0.4, 0.5) is 13.2 Å². The Labute approximate surface area is 192 Å². The number of hydrogen-bond donors (Lipinski definition) is 1. The predicted octanol–water partition coefficient (Wildman–Crippen LogP) is 5.75. The molecule has 0 atom stereocenters. The monoisotopic (exact) mass is 528 g/mol. The van der Waals surface area contributed by atoms with Gasteiger partial charge < -0.3 is 4.74 Å². The Hall–Kier alpha value is -2.43. The van der Waals surface area contributed by atoms with Crippen LogP contribution >= 0.6 is 15.9 Å². The molecule has 0 unspecified atom stereocenters. The van der Waals surface area contributed by atoms with Crippen LogP contribution < -0.4 is 9.46 Å². The van der Waals surface area contributed by atoms with E-state index < -0.39 is 32.2 Å². The first-order valence-corrected chi connectivity index (χ1v) is 11.6. The topological polar surface area (TPSA) is 68.3 Å². The molecule has 5 nitrogen and oxygen atoms in total. The Morgan fingerprint density at radius 2 is 1.75 bits per heavy atom. The minimum atomic E-state index is -4.68. The third kappa shape index (κ3) is 5.31. The lowest BCUT2D eigenvalue weighted by molar-refractivity contribution is -0.137. The van der Waals surface area contributed by atoms with Crippen LogP contribution in [0.25, 0.3) is 11.1 Å². The van der Waals surface area contributed by atoms with Crippen molar-refractivity contribution in [2.75, 3.05) is 7.11 Å². The van der Waals surface area contributed by atoms with Crippen LogP contribution in [0.3, 0.4) is 0 Å². The minimum Gasteiger partial charge on any atom is -0.494 e. The van der Waals surface area contributed by atoms with Crippen LogP contribution in [0.5, 0.6) is 5.75 Å². The number of sulfonamides is 1. The molecule has 170 valence electrons. The highest BCUT2D eigenvalue weighted by Crippen LogP contribution is 2.35. The standard InChI is InChI=1S/C22H20BrF3N2O3S/c1-21(2,15-6-4-5-14(9-15)19-7-8-27-13-20(19)31-3)28-32(29,30)18-11-16(22(24,25)26)10-17(23)12-18/h4-13,28H,1-3H3. The fraction of sp³-hybridized carbons (Fsp3) is 0.227. The zero-order valence-electron chi connectivity index (χ0n) is 17.4. The van der Waals surface area contributed by atoms with Crippen molar-refractivity contribution < 1.29 is 26.3 Å². The molecule has 0 aliphatic rings. The van der Waals surface area contributed by atoms with Gasteiger partial charge in [0.05, 0.1) is 29.3 Å². The number of pyridine rings is 1. The first-order chi connectivity index (χ1) is 14.8. The van der Waals surface area contributed by atoms with Gasteiger partial charge in [0, 0.05) is 16.2 Å². The molecule has 1 heterocycles. The number of alkyl halides is 3. The molecule has 10 heteroatoms. The number of benzene rings is 2. The molecule has 0 aliphatic carbocycles. The number of methoxy groups -OCH3 is 1. The summed E-state index contributed by atoms with van der Waals surface area (Å²) in [6.45, 7) is 3.27. The normalized spacial score (nSPS) is 12.6. The molecule has 2 aromatic carbocycles. The Morgan fingerprint density at radius 3 is 2.41 bits per heavy atom. The van der Waals surface area contributed by atoms with Crippen molar-refractivity contribution in [2.24, 2.45) is 0 Å². The molecule has 0 bridgehead atoms. The van der Waals surface area contributed by atoms with Crippen molar-refractivity contribution in [1.29, 1.82) is 0 Å². The number of ether oxygens (including phenoxy) is 1. The van der Waals surface area contributed by atoms with E-state index in [0.29, 0.717) is 17.4 Å². The second-order valence-electron chi connectivity index (χ2n) is 7.56. The highest BCUT2D eigenvalue weighted by molar-refractivity contribution is 9.10. The van der Waals surface area contributed by atoms with Gasteiger partial charge in [0.1, 0.15) is 5.75 Å². The first-order valence-electron chi connectivity index (χ1n) is 9.34. The van der Waals surface area contributed by atoms with Gasteiger partial charge >= 0.3 is 6.18 Å². The molecular formula is C22H20BrF3N2O3S. The van der Waals surface area contributed by atoms with Crippen molar-refractivity contribution in [3.05, 3.63) is 76.5 Å². The summed E-state index contributed by atoms with van der Waals surface area (Å²) in [6.07, 6.45) is -1.49. The average Bonchev–Trinajstić information content (AvgIpc) is 2.72. The highest BCUT2D eigenvalue weighted by atomic mass is 79.9. The summed E-state index contributed by atoms with van der Waals surface area (Å²) in [5.41, 5.74) is -0.0310. The Balaban J connectivity index is 1.98. The van der Waals surface area contributed by atoms with Crippen LogP contribution in [0.15, 0.2) is 70.3 Å². The molecule has 0 spiro atoms.